The molecule has 0 saturated heterocycles. The van der Waals surface area contributed by atoms with Crippen LogP contribution in [0.1, 0.15) is 5.69 Å². The van der Waals surface area contributed by atoms with E-state index >= 15 is 0 Å². The highest BCUT2D eigenvalue weighted by Gasteiger charge is 1.96. The number of rotatable bonds is 2. The van der Waals surface area contributed by atoms with Gasteiger partial charge in [-0.15, -0.1) is 0 Å². The fraction of sp³-hybridized carbons (Fsp3) is 0.333. The first-order valence-electron chi connectivity index (χ1n) is 3.10. The first-order chi connectivity index (χ1) is 4.84. The van der Waals surface area contributed by atoms with E-state index < -0.39 is 0 Å². The summed E-state index contributed by atoms with van der Waals surface area (Å²) in [7, 11) is 0. The zero-order valence-corrected chi connectivity index (χ0v) is 5.62. The van der Waals surface area contributed by atoms with Crippen LogP contribution < -0.4 is 11.5 Å². The van der Waals surface area contributed by atoms with Crippen LogP contribution in [0.4, 0.5) is 5.82 Å². The summed E-state index contributed by atoms with van der Waals surface area (Å²) < 4.78 is 0. The Labute approximate surface area is 59.3 Å². The van der Waals surface area contributed by atoms with E-state index in [-0.39, 0.29) is 0 Å². The van der Waals surface area contributed by atoms with Crippen LogP contribution in [-0.4, -0.2) is 16.5 Å². The predicted octanol–water partition coefficient (Wildman–Crippen LogP) is -0.440. The smallest absolute Gasteiger partial charge is 0.145 e. The molecule has 0 fully saturated rings. The minimum Gasteiger partial charge on any atom is -0.382 e. The van der Waals surface area contributed by atoms with Gasteiger partial charge in [0.15, 0.2) is 0 Å². The Morgan fingerprint density at radius 3 is 2.60 bits per heavy atom. The molecule has 10 heavy (non-hydrogen) atoms. The van der Waals surface area contributed by atoms with Crippen molar-refractivity contribution in [3.05, 3.63) is 18.1 Å². The minimum absolute atomic E-state index is 0.480. The fourth-order valence-electron chi connectivity index (χ4n) is 0.707. The van der Waals surface area contributed by atoms with E-state index in [1.165, 1.54) is 0 Å². The van der Waals surface area contributed by atoms with Gasteiger partial charge < -0.3 is 11.5 Å². The lowest BCUT2D eigenvalue weighted by Crippen LogP contribution is -2.07. The van der Waals surface area contributed by atoms with Gasteiger partial charge in [-0.25, -0.2) is 4.98 Å². The molecule has 0 bridgehead atoms. The van der Waals surface area contributed by atoms with Crippen LogP contribution in [0.3, 0.4) is 0 Å². The topological polar surface area (TPSA) is 77.8 Å². The highest BCUT2D eigenvalue weighted by Crippen LogP contribution is 2.01. The average Bonchev–Trinajstić information content (AvgIpc) is 1.94. The van der Waals surface area contributed by atoms with E-state index in [2.05, 4.69) is 9.97 Å². The van der Waals surface area contributed by atoms with Crippen molar-refractivity contribution < 1.29 is 0 Å². The van der Waals surface area contributed by atoms with Gasteiger partial charge in [-0.1, -0.05) is 0 Å². The summed E-state index contributed by atoms with van der Waals surface area (Å²) in [4.78, 5) is 7.86. The number of nitrogen functional groups attached to an aromatic ring is 1. The normalized spacial score (nSPS) is 9.70. The average molecular weight is 138 g/mol. The van der Waals surface area contributed by atoms with E-state index in [1.807, 2.05) is 0 Å². The predicted molar refractivity (Wildman–Crippen MR) is 39.2 cm³/mol. The number of nitrogens with two attached hydrogens (primary N) is 2. The van der Waals surface area contributed by atoms with Crippen molar-refractivity contribution in [1.82, 2.24) is 9.97 Å². The second-order valence-corrected chi connectivity index (χ2v) is 1.93. The molecule has 0 saturated carbocycles. The number of anilines is 1. The molecule has 1 rings (SSSR count). The molecule has 0 aliphatic heterocycles. The summed E-state index contributed by atoms with van der Waals surface area (Å²) >= 11 is 0. The summed E-state index contributed by atoms with van der Waals surface area (Å²) in [6.45, 7) is 0.558. The van der Waals surface area contributed by atoms with Gasteiger partial charge in [0, 0.05) is 18.8 Å². The van der Waals surface area contributed by atoms with Crippen LogP contribution in [0, 0.1) is 0 Å². The van der Waals surface area contributed by atoms with Gasteiger partial charge in [0.25, 0.3) is 0 Å². The molecule has 1 heterocycles. The van der Waals surface area contributed by atoms with E-state index in [1.54, 1.807) is 12.4 Å². The third kappa shape index (κ3) is 1.41. The van der Waals surface area contributed by atoms with Crippen LogP contribution in [0.15, 0.2) is 12.4 Å². The molecule has 4 heteroatoms. The van der Waals surface area contributed by atoms with Gasteiger partial charge >= 0.3 is 0 Å². The summed E-state index contributed by atoms with van der Waals surface area (Å²) in [6.07, 6.45) is 3.87. The molecule has 0 aromatic carbocycles. The van der Waals surface area contributed by atoms with E-state index in [0.717, 1.165) is 5.69 Å². The fourth-order valence-corrected chi connectivity index (χ4v) is 0.707. The number of aromatic nitrogens is 2. The lowest BCUT2D eigenvalue weighted by Gasteiger charge is -1.98. The van der Waals surface area contributed by atoms with Crippen LogP contribution >= 0.6 is 0 Å². The summed E-state index contributed by atoms with van der Waals surface area (Å²) in [5.74, 6) is 0.480. The van der Waals surface area contributed by atoms with Crippen molar-refractivity contribution in [1.29, 1.82) is 0 Å². The molecule has 4 nitrogen and oxygen atoms in total. The number of hydrogen-bond acceptors (Lipinski definition) is 4. The van der Waals surface area contributed by atoms with Crippen molar-refractivity contribution in [2.45, 2.75) is 6.42 Å². The van der Waals surface area contributed by atoms with Gasteiger partial charge in [0.05, 0.1) is 5.69 Å². The van der Waals surface area contributed by atoms with Crippen molar-refractivity contribution in [2.75, 3.05) is 12.3 Å². The molecule has 0 amide bonds. The molecule has 0 spiro atoms. The third-order valence-electron chi connectivity index (χ3n) is 1.19. The Balaban J connectivity index is 2.81. The molecule has 0 aliphatic carbocycles. The molecule has 0 radical (unpaired) electrons. The highest BCUT2D eigenvalue weighted by atomic mass is 14.9. The lowest BCUT2D eigenvalue weighted by molar-refractivity contribution is 0.914. The monoisotopic (exact) mass is 138 g/mol. The Kier molecular flexibility index (Phi) is 2.17. The Hall–Kier alpha value is -1.16. The van der Waals surface area contributed by atoms with Crippen LogP contribution in [0.25, 0.3) is 0 Å². The van der Waals surface area contributed by atoms with E-state index in [9.17, 15) is 0 Å². The maximum atomic E-state index is 5.48. The van der Waals surface area contributed by atoms with Gasteiger partial charge in [0.1, 0.15) is 5.82 Å². The molecular weight excluding hydrogens is 128 g/mol. The summed E-state index contributed by atoms with van der Waals surface area (Å²) in [5, 5.41) is 0. The van der Waals surface area contributed by atoms with Gasteiger partial charge in [-0.2, -0.15) is 0 Å². The van der Waals surface area contributed by atoms with Crippen molar-refractivity contribution in [2.24, 2.45) is 5.73 Å². The molecule has 1 aromatic heterocycles. The highest BCUT2D eigenvalue weighted by molar-refractivity contribution is 5.32. The summed E-state index contributed by atoms with van der Waals surface area (Å²) in [5.41, 5.74) is 11.6. The zero-order chi connectivity index (χ0) is 7.40. The summed E-state index contributed by atoms with van der Waals surface area (Å²) in [6, 6.07) is 0. The standard InChI is InChI=1S/C6H10N4/c7-2-1-5-6(8)10-4-3-9-5/h3-4H,1-2,7H2,(H2,8,10). The minimum atomic E-state index is 0.480. The molecule has 0 atom stereocenters. The first-order valence-corrected chi connectivity index (χ1v) is 3.10. The molecule has 54 valence electrons. The van der Waals surface area contributed by atoms with E-state index in [4.69, 9.17) is 11.5 Å². The Morgan fingerprint density at radius 1 is 1.30 bits per heavy atom. The molecule has 0 unspecified atom stereocenters. The Bertz CT molecular complexity index is 211. The molecule has 0 aliphatic rings. The second-order valence-electron chi connectivity index (χ2n) is 1.93. The zero-order valence-electron chi connectivity index (χ0n) is 5.62. The van der Waals surface area contributed by atoms with Crippen molar-refractivity contribution in [3.63, 3.8) is 0 Å². The van der Waals surface area contributed by atoms with Gasteiger partial charge in [-0.3, -0.25) is 4.98 Å². The van der Waals surface area contributed by atoms with Crippen LogP contribution in [-0.2, 0) is 6.42 Å². The van der Waals surface area contributed by atoms with Crippen LogP contribution in [0.2, 0.25) is 0 Å². The number of hydrogen-bond donors (Lipinski definition) is 2. The quantitative estimate of drug-likeness (QED) is 0.580. The van der Waals surface area contributed by atoms with Gasteiger partial charge in [-0.05, 0) is 6.54 Å². The maximum absolute atomic E-state index is 5.48. The van der Waals surface area contributed by atoms with E-state index in [0.29, 0.717) is 18.8 Å². The van der Waals surface area contributed by atoms with Gasteiger partial charge in [0.2, 0.25) is 0 Å². The van der Waals surface area contributed by atoms with Crippen LogP contribution in [0.5, 0.6) is 0 Å². The first kappa shape index (κ1) is 6.95. The molecule has 1 aromatic rings. The molecular formula is C6H10N4. The second kappa shape index (κ2) is 3.12. The SMILES string of the molecule is NCCc1nccnc1N. The third-order valence-corrected chi connectivity index (χ3v) is 1.19. The largest absolute Gasteiger partial charge is 0.382 e. The Morgan fingerprint density at radius 2 is 2.00 bits per heavy atom. The number of nitrogens with zero attached hydrogens (tertiary/aromatic N) is 2. The van der Waals surface area contributed by atoms with Crippen molar-refractivity contribution >= 4 is 5.82 Å². The van der Waals surface area contributed by atoms with Crippen molar-refractivity contribution in [3.8, 4) is 0 Å². The maximum Gasteiger partial charge on any atom is 0.145 e. The molecule has 4 N–H and O–H groups in total. The lowest BCUT2D eigenvalue weighted by atomic mass is 10.3.